The summed E-state index contributed by atoms with van der Waals surface area (Å²) in [6, 6.07) is 18.2. The number of rotatable bonds is 7. The number of nitrogens with zero attached hydrogens (tertiary/aromatic N) is 1. The lowest BCUT2D eigenvalue weighted by Crippen LogP contribution is -2.40. The fourth-order valence-corrected chi connectivity index (χ4v) is 3.01. The van der Waals surface area contributed by atoms with E-state index in [1.807, 2.05) is 54.6 Å². The number of benzene rings is 2. The number of esters is 1. The van der Waals surface area contributed by atoms with Gasteiger partial charge in [-0.1, -0.05) is 54.6 Å². The fraction of sp³-hybridized carbons (Fsp3) is 0.208. The Hall–Kier alpha value is -3.87. The van der Waals surface area contributed by atoms with Crippen molar-refractivity contribution in [2.45, 2.75) is 26.0 Å². The lowest BCUT2D eigenvalue weighted by Gasteiger charge is -2.18. The Morgan fingerprint density at radius 3 is 2.26 bits per heavy atom. The van der Waals surface area contributed by atoms with E-state index in [1.54, 1.807) is 6.92 Å². The maximum Gasteiger partial charge on any atom is 0.328 e. The smallest absolute Gasteiger partial charge is 0.328 e. The van der Waals surface area contributed by atoms with Gasteiger partial charge in [0.15, 0.2) is 17.2 Å². The number of amides is 1. The Kier molecular flexibility index (Phi) is 6.87. The molecule has 2 atom stereocenters. The molecule has 0 bridgehead atoms. The Labute approximate surface area is 180 Å². The monoisotopic (exact) mass is 420 g/mol. The molecule has 0 aliphatic heterocycles. The van der Waals surface area contributed by atoms with Crippen LogP contribution < -0.4 is 10.1 Å². The summed E-state index contributed by atoms with van der Waals surface area (Å²) in [7, 11) is 1.37. The van der Waals surface area contributed by atoms with Gasteiger partial charge in [-0.05, 0) is 30.5 Å². The molecule has 1 aromatic heterocycles. The number of carbonyl (C=O) groups is 2. The number of methoxy groups -OCH3 is 1. The minimum Gasteiger partial charge on any atom is -0.503 e. The Morgan fingerprint density at radius 1 is 0.968 bits per heavy atom. The molecule has 0 aliphatic rings. The molecule has 0 aliphatic carbocycles. The second kappa shape index (κ2) is 9.75. The van der Waals surface area contributed by atoms with Crippen molar-refractivity contribution in [2.75, 3.05) is 7.11 Å². The molecule has 1 amide bonds. The maximum absolute atomic E-state index is 12.4. The standard InChI is InChI=1S/C24H24N2O5/c1-15(26-23(28)21-22(27)20(30-3)13-14-25-21)24(29)31-16(2)17-9-11-19(12-10-17)18-7-5-4-6-8-18/h4-16,27H,1-3H3,(H,26,28)/t15-,16-/m0/s1. The van der Waals surface area contributed by atoms with E-state index in [4.69, 9.17) is 9.47 Å². The highest BCUT2D eigenvalue weighted by Gasteiger charge is 2.24. The number of pyridine rings is 1. The number of ether oxygens (including phenoxy) is 2. The SMILES string of the molecule is COc1ccnc(C(=O)N[C@@H](C)C(=O)O[C@@H](C)c2ccc(-c3ccccc3)cc2)c1O. The summed E-state index contributed by atoms with van der Waals surface area (Å²) in [5, 5.41) is 12.5. The third-order valence-corrected chi connectivity index (χ3v) is 4.80. The van der Waals surface area contributed by atoms with Gasteiger partial charge in [0.25, 0.3) is 5.91 Å². The quantitative estimate of drug-likeness (QED) is 0.563. The molecule has 7 nitrogen and oxygen atoms in total. The van der Waals surface area contributed by atoms with E-state index in [0.29, 0.717) is 0 Å². The highest BCUT2D eigenvalue weighted by molar-refractivity contribution is 5.97. The van der Waals surface area contributed by atoms with Crippen molar-refractivity contribution in [3.63, 3.8) is 0 Å². The summed E-state index contributed by atoms with van der Waals surface area (Å²) in [4.78, 5) is 28.7. The van der Waals surface area contributed by atoms with Crippen molar-refractivity contribution >= 4 is 11.9 Å². The van der Waals surface area contributed by atoms with E-state index in [2.05, 4.69) is 10.3 Å². The molecular formula is C24H24N2O5. The zero-order valence-corrected chi connectivity index (χ0v) is 17.5. The van der Waals surface area contributed by atoms with E-state index in [1.165, 1.54) is 26.3 Å². The predicted molar refractivity (Wildman–Crippen MR) is 116 cm³/mol. The van der Waals surface area contributed by atoms with E-state index >= 15 is 0 Å². The van der Waals surface area contributed by atoms with Crippen LogP contribution in [-0.4, -0.2) is 35.1 Å². The van der Waals surface area contributed by atoms with Crippen LogP contribution in [-0.2, 0) is 9.53 Å². The molecule has 0 saturated carbocycles. The molecule has 3 rings (SSSR count). The molecule has 0 fully saturated rings. The first-order chi connectivity index (χ1) is 14.9. The molecule has 7 heteroatoms. The summed E-state index contributed by atoms with van der Waals surface area (Å²) in [5.41, 5.74) is 2.76. The van der Waals surface area contributed by atoms with Gasteiger partial charge in [-0.3, -0.25) is 4.79 Å². The summed E-state index contributed by atoms with van der Waals surface area (Å²) < 4.78 is 10.5. The van der Waals surface area contributed by atoms with E-state index in [9.17, 15) is 14.7 Å². The first-order valence-electron chi connectivity index (χ1n) is 9.79. The highest BCUT2D eigenvalue weighted by atomic mass is 16.5. The minimum atomic E-state index is -0.939. The van der Waals surface area contributed by atoms with Crippen LogP contribution in [0.25, 0.3) is 11.1 Å². The lowest BCUT2D eigenvalue weighted by atomic mass is 10.0. The van der Waals surface area contributed by atoms with Crippen LogP contribution in [0.3, 0.4) is 0 Å². The number of hydrogen-bond donors (Lipinski definition) is 2. The van der Waals surface area contributed by atoms with Gasteiger partial charge < -0.3 is 19.9 Å². The lowest BCUT2D eigenvalue weighted by molar-refractivity contribution is -0.150. The third-order valence-electron chi connectivity index (χ3n) is 4.80. The second-order valence-electron chi connectivity index (χ2n) is 6.97. The zero-order chi connectivity index (χ0) is 22.4. The average molecular weight is 420 g/mol. The molecule has 0 spiro atoms. The summed E-state index contributed by atoms with van der Waals surface area (Å²) in [6.45, 7) is 3.27. The second-order valence-corrected chi connectivity index (χ2v) is 6.97. The van der Waals surface area contributed by atoms with Crippen molar-refractivity contribution in [3.05, 3.63) is 78.1 Å². The first-order valence-corrected chi connectivity index (χ1v) is 9.79. The summed E-state index contributed by atoms with van der Waals surface area (Å²) >= 11 is 0. The Morgan fingerprint density at radius 2 is 1.61 bits per heavy atom. The molecule has 3 aromatic rings. The zero-order valence-electron chi connectivity index (χ0n) is 17.5. The van der Waals surface area contributed by atoms with Crippen LogP contribution in [0.15, 0.2) is 66.9 Å². The normalized spacial score (nSPS) is 12.5. The Bertz CT molecular complexity index is 1050. The summed E-state index contributed by atoms with van der Waals surface area (Å²) in [5.74, 6) is -1.59. The topological polar surface area (TPSA) is 97.8 Å². The maximum atomic E-state index is 12.4. The number of aromatic nitrogens is 1. The number of carbonyl (C=O) groups excluding carboxylic acids is 2. The van der Waals surface area contributed by atoms with E-state index in [-0.39, 0.29) is 11.4 Å². The molecule has 160 valence electrons. The van der Waals surface area contributed by atoms with Gasteiger partial charge in [-0.15, -0.1) is 0 Å². The van der Waals surface area contributed by atoms with Crippen molar-refractivity contribution in [1.29, 1.82) is 0 Å². The van der Waals surface area contributed by atoms with E-state index in [0.717, 1.165) is 16.7 Å². The molecule has 0 radical (unpaired) electrons. The molecule has 1 heterocycles. The molecule has 0 saturated heterocycles. The van der Waals surface area contributed by atoms with Gasteiger partial charge in [0.1, 0.15) is 12.1 Å². The number of nitrogens with one attached hydrogen (secondary N) is 1. The van der Waals surface area contributed by atoms with Crippen LogP contribution >= 0.6 is 0 Å². The number of aromatic hydroxyl groups is 1. The van der Waals surface area contributed by atoms with Crippen molar-refractivity contribution in [2.24, 2.45) is 0 Å². The van der Waals surface area contributed by atoms with Crippen LogP contribution in [0.1, 0.15) is 36.0 Å². The van der Waals surface area contributed by atoms with Gasteiger partial charge in [0.05, 0.1) is 7.11 Å². The minimum absolute atomic E-state index is 0.114. The van der Waals surface area contributed by atoms with Crippen LogP contribution in [0.2, 0.25) is 0 Å². The van der Waals surface area contributed by atoms with Crippen molar-refractivity contribution < 1.29 is 24.2 Å². The van der Waals surface area contributed by atoms with Crippen molar-refractivity contribution in [1.82, 2.24) is 10.3 Å². The largest absolute Gasteiger partial charge is 0.503 e. The third kappa shape index (κ3) is 5.19. The van der Waals surface area contributed by atoms with Crippen LogP contribution in [0, 0.1) is 0 Å². The van der Waals surface area contributed by atoms with Crippen LogP contribution in [0.4, 0.5) is 0 Å². The van der Waals surface area contributed by atoms with Gasteiger partial charge in [0.2, 0.25) is 0 Å². The van der Waals surface area contributed by atoms with Gasteiger partial charge in [-0.25, -0.2) is 9.78 Å². The highest BCUT2D eigenvalue weighted by Crippen LogP contribution is 2.27. The predicted octanol–water partition coefficient (Wildman–Crippen LogP) is 3.89. The Balaban J connectivity index is 1.61. The van der Waals surface area contributed by atoms with Gasteiger partial charge in [-0.2, -0.15) is 0 Å². The number of hydrogen-bond acceptors (Lipinski definition) is 6. The molecule has 31 heavy (non-hydrogen) atoms. The molecule has 2 N–H and O–H groups in total. The first kappa shape index (κ1) is 21.8. The van der Waals surface area contributed by atoms with Crippen molar-refractivity contribution in [3.8, 4) is 22.6 Å². The fourth-order valence-electron chi connectivity index (χ4n) is 3.01. The average Bonchev–Trinajstić information content (AvgIpc) is 2.79. The van der Waals surface area contributed by atoms with Gasteiger partial charge >= 0.3 is 5.97 Å². The molecule has 2 aromatic carbocycles. The summed E-state index contributed by atoms with van der Waals surface area (Å²) in [6.07, 6.45) is 0.831. The van der Waals surface area contributed by atoms with Gasteiger partial charge in [0, 0.05) is 12.3 Å². The van der Waals surface area contributed by atoms with E-state index < -0.39 is 29.8 Å². The van der Waals surface area contributed by atoms with Crippen LogP contribution in [0.5, 0.6) is 11.5 Å². The molecule has 0 unspecified atom stereocenters. The molecular weight excluding hydrogens is 396 g/mol.